The van der Waals surface area contributed by atoms with E-state index in [1.807, 2.05) is 32.0 Å². The van der Waals surface area contributed by atoms with Gasteiger partial charge >= 0.3 is 6.03 Å². The molecule has 0 aromatic heterocycles. The average Bonchev–Trinajstić information content (AvgIpc) is 2.90. The first-order chi connectivity index (χ1) is 11.9. The molecule has 1 atom stereocenters. The molecule has 1 aliphatic rings. The van der Waals surface area contributed by atoms with Gasteiger partial charge in [-0.2, -0.15) is 0 Å². The van der Waals surface area contributed by atoms with Gasteiger partial charge in [-0.1, -0.05) is 12.1 Å². The van der Waals surface area contributed by atoms with Crippen LogP contribution in [0.5, 0.6) is 0 Å². The Morgan fingerprint density at radius 2 is 1.96 bits per heavy atom. The molecule has 3 amide bonds. The predicted molar refractivity (Wildman–Crippen MR) is 95.2 cm³/mol. The molecular weight excluding hydrogens is 321 g/mol. The molecule has 0 saturated carbocycles. The molecule has 1 aliphatic heterocycles. The number of rotatable bonds is 3. The molecule has 1 saturated heterocycles. The van der Waals surface area contributed by atoms with E-state index in [0.29, 0.717) is 12.2 Å². The van der Waals surface area contributed by atoms with Gasteiger partial charge in [0, 0.05) is 24.3 Å². The number of hydrogen-bond acceptors (Lipinski definition) is 2. The van der Waals surface area contributed by atoms with Crippen molar-refractivity contribution in [1.29, 1.82) is 0 Å². The third-order valence-electron chi connectivity index (χ3n) is 4.34. The van der Waals surface area contributed by atoms with Crippen LogP contribution in [0.3, 0.4) is 0 Å². The summed E-state index contributed by atoms with van der Waals surface area (Å²) in [6.45, 7) is 4.44. The quantitative estimate of drug-likeness (QED) is 0.899. The number of benzene rings is 2. The van der Waals surface area contributed by atoms with Gasteiger partial charge in [0.2, 0.25) is 5.91 Å². The van der Waals surface area contributed by atoms with Crippen molar-refractivity contribution < 1.29 is 14.0 Å². The lowest BCUT2D eigenvalue weighted by Gasteiger charge is -2.18. The largest absolute Gasteiger partial charge is 0.333 e. The Labute approximate surface area is 145 Å². The van der Waals surface area contributed by atoms with E-state index in [1.54, 1.807) is 11.0 Å². The van der Waals surface area contributed by atoms with Crippen LogP contribution < -0.4 is 15.5 Å². The molecule has 0 aliphatic carbocycles. The first-order valence-electron chi connectivity index (χ1n) is 8.13. The van der Waals surface area contributed by atoms with E-state index in [9.17, 15) is 14.0 Å². The number of hydrogen-bond donors (Lipinski definition) is 2. The van der Waals surface area contributed by atoms with Crippen LogP contribution >= 0.6 is 0 Å². The van der Waals surface area contributed by atoms with E-state index < -0.39 is 11.8 Å². The maximum atomic E-state index is 13.2. The second kappa shape index (κ2) is 6.93. The molecule has 1 unspecified atom stereocenters. The van der Waals surface area contributed by atoms with Gasteiger partial charge in [0.15, 0.2) is 0 Å². The maximum absolute atomic E-state index is 13.2. The van der Waals surface area contributed by atoms with Gasteiger partial charge in [-0.05, 0) is 55.3 Å². The second-order valence-electron chi connectivity index (χ2n) is 6.28. The van der Waals surface area contributed by atoms with Crippen LogP contribution in [0.25, 0.3) is 0 Å². The Morgan fingerprint density at radius 3 is 2.68 bits per heavy atom. The lowest BCUT2D eigenvalue weighted by atomic mass is 10.1. The normalized spacial score (nSPS) is 16.8. The van der Waals surface area contributed by atoms with Crippen LogP contribution in [0.2, 0.25) is 0 Å². The summed E-state index contributed by atoms with van der Waals surface area (Å²) < 4.78 is 13.2. The van der Waals surface area contributed by atoms with Gasteiger partial charge in [-0.15, -0.1) is 0 Å². The standard InChI is InChI=1S/C19H20FN3O2/c1-12-6-7-17(8-13(12)2)23-11-16(10-18(23)24)22-19(25)21-15-5-3-4-14(20)9-15/h3-9,16H,10-11H2,1-2H3,(H2,21,22,25). The van der Waals surface area contributed by atoms with Crippen LogP contribution in [0, 0.1) is 19.7 Å². The second-order valence-corrected chi connectivity index (χ2v) is 6.28. The molecule has 0 bridgehead atoms. The minimum atomic E-state index is -0.453. The highest BCUT2D eigenvalue weighted by molar-refractivity contribution is 5.97. The number of nitrogens with one attached hydrogen (secondary N) is 2. The van der Waals surface area contributed by atoms with Crippen LogP contribution in [-0.4, -0.2) is 24.5 Å². The van der Waals surface area contributed by atoms with Gasteiger partial charge in [-0.25, -0.2) is 9.18 Å². The Morgan fingerprint density at radius 1 is 1.16 bits per heavy atom. The zero-order valence-electron chi connectivity index (χ0n) is 14.2. The lowest BCUT2D eigenvalue weighted by Crippen LogP contribution is -2.39. The zero-order chi connectivity index (χ0) is 18.0. The number of nitrogens with zero attached hydrogens (tertiary/aromatic N) is 1. The van der Waals surface area contributed by atoms with E-state index in [4.69, 9.17) is 0 Å². The van der Waals surface area contributed by atoms with Gasteiger partial charge < -0.3 is 15.5 Å². The number of carbonyl (C=O) groups excluding carboxylic acids is 2. The van der Waals surface area contributed by atoms with Crippen molar-refractivity contribution in [3.8, 4) is 0 Å². The summed E-state index contributed by atoms with van der Waals surface area (Å²) in [4.78, 5) is 26.0. The highest BCUT2D eigenvalue weighted by atomic mass is 19.1. The molecule has 1 heterocycles. The third kappa shape index (κ3) is 3.96. The van der Waals surface area contributed by atoms with Crippen LogP contribution in [0.1, 0.15) is 17.5 Å². The molecule has 5 nitrogen and oxygen atoms in total. The summed E-state index contributed by atoms with van der Waals surface area (Å²) in [6, 6.07) is 10.8. The number of carbonyl (C=O) groups is 2. The molecule has 130 valence electrons. The highest BCUT2D eigenvalue weighted by Gasteiger charge is 2.31. The van der Waals surface area contributed by atoms with Crippen molar-refractivity contribution in [2.75, 3.05) is 16.8 Å². The summed E-state index contributed by atoms with van der Waals surface area (Å²) in [5.74, 6) is -0.450. The SMILES string of the molecule is Cc1ccc(N2CC(NC(=O)Nc3cccc(F)c3)CC2=O)cc1C. The average molecular weight is 341 g/mol. The van der Waals surface area contributed by atoms with Crippen LogP contribution in [0.15, 0.2) is 42.5 Å². The maximum Gasteiger partial charge on any atom is 0.319 e. The van der Waals surface area contributed by atoms with Gasteiger partial charge in [0.1, 0.15) is 5.82 Å². The topological polar surface area (TPSA) is 61.4 Å². The van der Waals surface area contributed by atoms with E-state index >= 15 is 0 Å². The molecule has 2 aromatic carbocycles. The number of aryl methyl sites for hydroxylation is 2. The summed E-state index contributed by atoms with van der Waals surface area (Å²) in [5.41, 5.74) is 3.49. The van der Waals surface area contributed by atoms with E-state index in [-0.39, 0.29) is 18.4 Å². The smallest absolute Gasteiger partial charge is 0.319 e. The third-order valence-corrected chi connectivity index (χ3v) is 4.34. The van der Waals surface area contributed by atoms with Crippen molar-refractivity contribution >= 4 is 23.3 Å². The van der Waals surface area contributed by atoms with Crippen molar-refractivity contribution in [2.45, 2.75) is 26.3 Å². The fourth-order valence-electron chi connectivity index (χ4n) is 2.87. The molecule has 3 rings (SSSR count). The molecule has 2 aromatic rings. The van der Waals surface area contributed by atoms with Gasteiger partial charge in [-0.3, -0.25) is 4.79 Å². The minimum Gasteiger partial charge on any atom is -0.333 e. The number of halogens is 1. The van der Waals surface area contributed by atoms with E-state index in [2.05, 4.69) is 10.6 Å². The summed E-state index contributed by atoms with van der Waals surface area (Å²) in [7, 11) is 0. The van der Waals surface area contributed by atoms with Crippen molar-refractivity contribution in [1.82, 2.24) is 5.32 Å². The summed E-state index contributed by atoms with van der Waals surface area (Å²) in [6.07, 6.45) is 0.240. The highest BCUT2D eigenvalue weighted by Crippen LogP contribution is 2.24. The molecule has 6 heteroatoms. The van der Waals surface area contributed by atoms with Crippen LogP contribution in [0.4, 0.5) is 20.6 Å². The fourth-order valence-corrected chi connectivity index (χ4v) is 2.87. The van der Waals surface area contributed by atoms with Gasteiger partial charge in [0.05, 0.1) is 6.04 Å². The number of urea groups is 1. The molecule has 1 fully saturated rings. The molecule has 0 spiro atoms. The minimum absolute atomic E-state index is 0.0284. The fraction of sp³-hybridized carbons (Fsp3) is 0.263. The lowest BCUT2D eigenvalue weighted by molar-refractivity contribution is -0.117. The Hall–Kier alpha value is -2.89. The first-order valence-corrected chi connectivity index (χ1v) is 8.13. The number of amides is 3. The van der Waals surface area contributed by atoms with E-state index in [0.717, 1.165) is 11.3 Å². The first kappa shape index (κ1) is 17.0. The predicted octanol–water partition coefficient (Wildman–Crippen LogP) is 3.37. The number of anilines is 2. The Balaban J connectivity index is 1.62. The monoisotopic (exact) mass is 341 g/mol. The van der Waals surface area contributed by atoms with E-state index in [1.165, 1.54) is 23.8 Å². The summed E-state index contributed by atoms with van der Waals surface area (Å²) >= 11 is 0. The molecule has 25 heavy (non-hydrogen) atoms. The molecular formula is C19H20FN3O2. The zero-order valence-corrected chi connectivity index (χ0v) is 14.2. The van der Waals surface area contributed by atoms with Crippen molar-refractivity contribution in [3.05, 3.63) is 59.4 Å². The van der Waals surface area contributed by atoms with Crippen LogP contribution in [-0.2, 0) is 4.79 Å². The molecule has 0 radical (unpaired) electrons. The van der Waals surface area contributed by atoms with Crippen molar-refractivity contribution in [3.63, 3.8) is 0 Å². The Bertz CT molecular complexity index is 822. The van der Waals surface area contributed by atoms with Gasteiger partial charge in [0.25, 0.3) is 0 Å². The molecule has 2 N–H and O–H groups in total. The summed E-state index contributed by atoms with van der Waals surface area (Å²) in [5, 5.41) is 5.34. The Kier molecular flexibility index (Phi) is 4.70. The van der Waals surface area contributed by atoms with Crippen molar-refractivity contribution in [2.24, 2.45) is 0 Å².